The number of rotatable bonds is 5. The fourth-order valence-electron chi connectivity index (χ4n) is 1.49. The zero-order valence-corrected chi connectivity index (χ0v) is 11.0. The molecule has 2 aromatic rings. The summed E-state index contributed by atoms with van der Waals surface area (Å²) >= 11 is 0. The monoisotopic (exact) mass is 293 g/mol. The predicted octanol–water partition coefficient (Wildman–Crippen LogP) is 2.04. The molecule has 10 heteroatoms. The van der Waals surface area contributed by atoms with E-state index < -0.39 is 7.25 Å². The molecule has 0 amide bonds. The Morgan fingerprint density at radius 2 is 2.05 bits per heavy atom. The summed E-state index contributed by atoms with van der Waals surface area (Å²) in [6, 6.07) is 0. The molecule has 0 aliphatic carbocycles. The number of H-pyrrole nitrogens is 1. The fraction of sp³-hybridized carbons (Fsp3) is 0.500. The predicted molar refractivity (Wildman–Crippen MR) is 65.2 cm³/mol. The summed E-state index contributed by atoms with van der Waals surface area (Å²) in [7, 11) is -6.00. The Bertz CT molecular complexity index is 476. The quantitative estimate of drug-likeness (QED) is 0.521. The van der Waals surface area contributed by atoms with E-state index in [0.717, 1.165) is 18.9 Å². The minimum absolute atomic E-state index is 0.749. The van der Waals surface area contributed by atoms with Crippen LogP contribution in [0.1, 0.15) is 25.6 Å². The van der Waals surface area contributed by atoms with E-state index in [1.165, 1.54) is 19.2 Å². The number of hydrogen-bond donors (Lipinski definition) is 1. The van der Waals surface area contributed by atoms with Gasteiger partial charge in [0.25, 0.3) is 0 Å². The fourth-order valence-corrected chi connectivity index (χ4v) is 1.49. The van der Waals surface area contributed by atoms with Crippen LogP contribution in [0.25, 0.3) is 0 Å². The average Bonchev–Trinajstić information content (AvgIpc) is 2.96. The van der Waals surface area contributed by atoms with Crippen LogP contribution in [0, 0.1) is 0 Å². The lowest BCUT2D eigenvalue weighted by Gasteiger charge is -1.94. The Labute approximate surface area is 113 Å². The van der Waals surface area contributed by atoms with E-state index in [2.05, 4.69) is 50.0 Å². The lowest BCUT2D eigenvalue weighted by molar-refractivity contribution is -0.688. The molecule has 0 spiro atoms. The molecular weight excluding hydrogens is 277 g/mol. The van der Waals surface area contributed by atoms with Crippen molar-refractivity contribution < 1.29 is 21.8 Å². The molecule has 0 atom stereocenters. The minimum atomic E-state index is -6.00. The van der Waals surface area contributed by atoms with Crippen molar-refractivity contribution in [2.45, 2.75) is 32.9 Å². The Morgan fingerprint density at radius 3 is 2.60 bits per heavy atom. The molecule has 0 saturated carbocycles. The Hall–Kier alpha value is -1.87. The number of aromatic nitrogens is 5. The molecule has 0 unspecified atom stereocenters. The van der Waals surface area contributed by atoms with Crippen molar-refractivity contribution in [3.63, 3.8) is 0 Å². The number of nitrogens with one attached hydrogen (secondary N) is 1. The van der Waals surface area contributed by atoms with Crippen molar-refractivity contribution in [3.8, 4) is 0 Å². The smallest absolute Gasteiger partial charge is 0.418 e. The van der Waals surface area contributed by atoms with E-state index in [0.29, 0.717) is 0 Å². The molecule has 112 valence electrons. The third kappa shape index (κ3) is 7.54. The van der Waals surface area contributed by atoms with E-state index in [1.54, 1.807) is 0 Å². The Morgan fingerprint density at radius 1 is 1.35 bits per heavy atom. The van der Waals surface area contributed by atoms with E-state index in [4.69, 9.17) is 0 Å². The zero-order chi connectivity index (χ0) is 15.0. The number of aryl methyl sites for hydroxylation is 1. The van der Waals surface area contributed by atoms with E-state index >= 15 is 0 Å². The van der Waals surface area contributed by atoms with Crippen molar-refractivity contribution in [2.75, 3.05) is 0 Å². The molecular formula is C10H16BF4N5. The van der Waals surface area contributed by atoms with Crippen molar-refractivity contribution >= 4 is 7.25 Å². The first-order valence-corrected chi connectivity index (χ1v) is 6.15. The van der Waals surface area contributed by atoms with Crippen molar-refractivity contribution in [1.82, 2.24) is 19.7 Å². The highest BCUT2D eigenvalue weighted by molar-refractivity contribution is 6.50. The maximum absolute atomic E-state index is 9.75. The summed E-state index contributed by atoms with van der Waals surface area (Å²) in [6.45, 7) is 4.03. The molecule has 0 saturated heterocycles. The van der Waals surface area contributed by atoms with Crippen LogP contribution in [-0.2, 0) is 13.1 Å². The number of halogens is 4. The average molecular weight is 293 g/mol. The van der Waals surface area contributed by atoms with Gasteiger partial charge in [-0.2, -0.15) is 5.10 Å². The third-order valence-electron chi connectivity index (χ3n) is 2.31. The zero-order valence-electron chi connectivity index (χ0n) is 11.0. The van der Waals surface area contributed by atoms with E-state index in [-0.39, 0.29) is 0 Å². The lowest BCUT2D eigenvalue weighted by atomic mass is 10.3. The minimum Gasteiger partial charge on any atom is -0.418 e. The van der Waals surface area contributed by atoms with Crippen molar-refractivity contribution in [3.05, 3.63) is 30.9 Å². The van der Waals surface area contributed by atoms with Gasteiger partial charge >= 0.3 is 7.25 Å². The second kappa shape index (κ2) is 7.66. The first-order valence-electron chi connectivity index (χ1n) is 6.15. The Balaban J connectivity index is 0.000000347. The molecule has 20 heavy (non-hydrogen) atoms. The van der Waals surface area contributed by atoms with Gasteiger partial charge in [-0.15, -0.1) is 0 Å². The first kappa shape index (κ1) is 16.2. The molecule has 2 aromatic heterocycles. The molecule has 0 aliphatic heterocycles. The van der Waals surface area contributed by atoms with Crippen LogP contribution in [0.15, 0.2) is 25.0 Å². The normalized spacial score (nSPS) is 11.1. The van der Waals surface area contributed by atoms with Gasteiger partial charge in [0, 0.05) is 0 Å². The van der Waals surface area contributed by atoms with Crippen molar-refractivity contribution in [1.29, 1.82) is 0 Å². The van der Waals surface area contributed by atoms with Gasteiger partial charge in [0.05, 0.1) is 6.54 Å². The van der Waals surface area contributed by atoms with Crippen LogP contribution < -0.4 is 4.57 Å². The molecule has 0 fully saturated rings. The molecule has 2 heterocycles. The second-order valence-corrected chi connectivity index (χ2v) is 4.10. The van der Waals surface area contributed by atoms with Crippen LogP contribution in [0.3, 0.4) is 0 Å². The topological polar surface area (TPSA) is 50.4 Å². The molecule has 5 nitrogen and oxygen atoms in total. The number of unbranched alkanes of at least 4 members (excludes halogenated alkanes) is 1. The summed E-state index contributed by atoms with van der Waals surface area (Å²) in [4.78, 5) is 4.09. The molecule has 0 aromatic carbocycles. The maximum Gasteiger partial charge on any atom is 0.673 e. The highest BCUT2D eigenvalue weighted by Crippen LogP contribution is 2.06. The van der Waals surface area contributed by atoms with Gasteiger partial charge in [-0.05, 0) is 6.42 Å². The molecule has 1 N–H and O–H groups in total. The number of imidazole rings is 1. The van der Waals surface area contributed by atoms with Gasteiger partial charge in [-0.1, -0.05) is 13.3 Å². The number of hydrogen-bond acceptors (Lipinski definition) is 2. The summed E-state index contributed by atoms with van der Waals surface area (Å²) in [5.41, 5.74) is 0. The highest BCUT2D eigenvalue weighted by Gasteiger charge is 2.20. The van der Waals surface area contributed by atoms with Crippen LogP contribution in [0.4, 0.5) is 17.3 Å². The largest absolute Gasteiger partial charge is 0.673 e. The number of aromatic amines is 1. The highest BCUT2D eigenvalue weighted by atomic mass is 19.5. The van der Waals surface area contributed by atoms with Crippen LogP contribution >= 0.6 is 0 Å². The van der Waals surface area contributed by atoms with Gasteiger partial charge in [0.2, 0.25) is 6.33 Å². The van der Waals surface area contributed by atoms with E-state index in [9.17, 15) is 17.3 Å². The maximum atomic E-state index is 9.75. The number of nitrogens with zero attached hydrogens (tertiary/aromatic N) is 4. The van der Waals surface area contributed by atoms with Crippen LogP contribution in [0.5, 0.6) is 0 Å². The molecule has 0 bridgehead atoms. The van der Waals surface area contributed by atoms with E-state index in [1.807, 2.05) is 0 Å². The Kier molecular flexibility index (Phi) is 6.20. The van der Waals surface area contributed by atoms with Crippen LogP contribution in [-0.4, -0.2) is 27.0 Å². The first-order chi connectivity index (χ1) is 9.38. The van der Waals surface area contributed by atoms with Gasteiger partial charge in [-0.25, -0.2) is 14.1 Å². The summed E-state index contributed by atoms with van der Waals surface area (Å²) in [5, 5.41) is 6.67. The van der Waals surface area contributed by atoms with Crippen LogP contribution in [0.2, 0.25) is 0 Å². The van der Waals surface area contributed by atoms with Gasteiger partial charge in [0.15, 0.2) is 5.82 Å². The molecule has 2 rings (SSSR count). The lowest BCUT2D eigenvalue weighted by Crippen LogP contribution is -2.32. The molecule has 0 aliphatic rings. The summed E-state index contributed by atoms with van der Waals surface area (Å²) in [5.74, 6) is 0.883. The standard InChI is InChI=1S/C10H16N5.BF4/c1-2-3-4-14-5-6-15(9-14)7-10-11-8-12-13-10;2-1(3,4)5/h5-6,8-9H,2-4,7H2,1H3,(H,11,12,13);/q+1;-1. The van der Waals surface area contributed by atoms with Gasteiger partial charge < -0.3 is 17.3 Å². The van der Waals surface area contributed by atoms with Crippen molar-refractivity contribution in [2.24, 2.45) is 0 Å². The summed E-state index contributed by atoms with van der Waals surface area (Å²) < 4.78 is 43.3. The summed E-state index contributed by atoms with van der Waals surface area (Å²) in [6.07, 6.45) is 10.2. The van der Waals surface area contributed by atoms with Gasteiger partial charge in [0.1, 0.15) is 25.3 Å². The van der Waals surface area contributed by atoms with Gasteiger partial charge in [-0.3, -0.25) is 5.10 Å². The second-order valence-electron chi connectivity index (χ2n) is 4.10. The third-order valence-corrected chi connectivity index (χ3v) is 2.31. The SMILES string of the molecule is CCCCn1cc[n+](Cc2ncn[nH]2)c1.F[B-](F)(F)F. The molecule has 0 radical (unpaired) electrons.